The van der Waals surface area contributed by atoms with Crippen molar-refractivity contribution < 1.29 is 9.47 Å². The number of aromatic nitrogens is 2. The largest absolute Gasteiger partial charge is 0.490 e. The Labute approximate surface area is 186 Å². The Morgan fingerprint density at radius 2 is 2.10 bits per heavy atom. The predicted molar refractivity (Wildman–Crippen MR) is 120 cm³/mol. The Kier molecular flexibility index (Phi) is 7.08. The number of nitrogens with zero attached hydrogens (tertiary/aromatic N) is 4. The van der Waals surface area contributed by atoms with E-state index >= 15 is 0 Å². The second kappa shape index (κ2) is 9.74. The fourth-order valence-electron chi connectivity index (χ4n) is 2.84. The molecule has 0 aliphatic carbocycles. The van der Waals surface area contributed by atoms with E-state index in [1.165, 1.54) is 10.9 Å². The van der Waals surface area contributed by atoms with Crippen molar-refractivity contribution in [1.82, 2.24) is 9.66 Å². The molecule has 0 fully saturated rings. The van der Waals surface area contributed by atoms with Gasteiger partial charge in [-0.15, -0.1) is 0 Å². The summed E-state index contributed by atoms with van der Waals surface area (Å²) >= 11 is 9.69. The summed E-state index contributed by atoms with van der Waals surface area (Å²) in [6.07, 6.45) is 2.04. The van der Waals surface area contributed by atoms with Crippen LogP contribution in [0.15, 0.2) is 44.7 Å². The van der Waals surface area contributed by atoms with Crippen molar-refractivity contribution >= 4 is 44.6 Å². The zero-order valence-corrected chi connectivity index (χ0v) is 18.7. The first kappa shape index (κ1) is 21.8. The number of ether oxygens (including phenoxy) is 2. The van der Waals surface area contributed by atoms with Gasteiger partial charge in [0, 0.05) is 10.9 Å². The van der Waals surface area contributed by atoms with Crippen LogP contribution < -0.4 is 15.0 Å². The Hall–Kier alpha value is -2.89. The molecular formula is C21H18BrClN4O3. The van der Waals surface area contributed by atoms with Gasteiger partial charge in [0.15, 0.2) is 18.1 Å². The van der Waals surface area contributed by atoms with E-state index in [1.54, 1.807) is 24.3 Å². The average Bonchev–Trinajstić information content (AvgIpc) is 2.73. The summed E-state index contributed by atoms with van der Waals surface area (Å²) in [5.74, 6) is 1.22. The van der Waals surface area contributed by atoms with Crippen LogP contribution in [0.1, 0.15) is 25.2 Å². The molecule has 0 atom stereocenters. The van der Waals surface area contributed by atoms with Gasteiger partial charge in [-0.2, -0.15) is 15.0 Å². The molecule has 2 aromatic carbocycles. The number of fused-ring (bicyclic) bond motifs is 1. The van der Waals surface area contributed by atoms with E-state index in [0.717, 1.165) is 4.47 Å². The van der Waals surface area contributed by atoms with E-state index in [9.17, 15) is 4.79 Å². The highest BCUT2D eigenvalue weighted by Gasteiger charge is 2.13. The molecule has 0 spiro atoms. The van der Waals surface area contributed by atoms with Crippen LogP contribution in [0, 0.1) is 11.3 Å². The predicted octanol–water partition coefficient (Wildman–Crippen LogP) is 4.56. The van der Waals surface area contributed by atoms with Gasteiger partial charge in [-0.3, -0.25) is 4.79 Å². The third-order valence-corrected chi connectivity index (χ3v) is 4.90. The first-order valence-electron chi connectivity index (χ1n) is 9.20. The quantitative estimate of drug-likeness (QED) is 0.454. The summed E-state index contributed by atoms with van der Waals surface area (Å²) in [6.45, 7) is 3.97. The van der Waals surface area contributed by atoms with E-state index in [1.807, 2.05) is 26.0 Å². The molecule has 0 bridgehead atoms. The lowest BCUT2D eigenvalue weighted by Gasteiger charge is -2.12. The summed E-state index contributed by atoms with van der Waals surface area (Å²) in [7, 11) is 0. The van der Waals surface area contributed by atoms with Gasteiger partial charge in [-0.25, -0.2) is 4.98 Å². The third-order valence-electron chi connectivity index (χ3n) is 4.13. The molecular weight excluding hydrogens is 472 g/mol. The Morgan fingerprint density at radius 1 is 1.30 bits per heavy atom. The van der Waals surface area contributed by atoms with E-state index in [0.29, 0.717) is 46.8 Å². The lowest BCUT2D eigenvalue weighted by Crippen LogP contribution is -2.22. The average molecular weight is 490 g/mol. The Morgan fingerprint density at radius 3 is 2.80 bits per heavy atom. The third kappa shape index (κ3) is 4.64. The van der Waals surface area contributed by atoms with E-state index < -0.39 is 0 Å². The molecule has 0 aliphatic rings. The maximum atomic E-state index is 13.0. The summed E-state index contributed by atoms with van der Waals surface area (Å²) in [6, 6.07) is 10.6. The smallest absolute Gasteiger partial charge is 0.282 e. The Bertz CT molecular complexity index is 1220. The van der Waals surface area contributed by atoms with Crippen LogP contribution in [0.3, 0.4) is 0 Å². The molecule has 3 aromatic rings. The van der Waals surface area contributed by atoms with E-state index in [-0.39, 0.29) is 17.2 Å². The van der Waals surface area contributed by atoms with Crippen molar-refractivity contribution in [3.05, 3.63) is 61.6 Å². The second-order valence-corrected chi connectivity index (χ2v) is 7.44. The molecule has 0 saturated heterocycles. The number of aryl methyl sites for hydroxylation is 1. The number of rotatable bonds is 7. The zero-order chi connectivity index (χ0) is 21.7. The molecule has 30 heavy (non-hydrogen) atoms. The van der Waals surface area contributed by atoms with Crippen LogP contribution in [0.4, 0.5) is 0 Å². The fraction of sp³-hybridized carbons (Fsp3) is 0.238. The van der Waals surface area contributed by atoms with Crippen molar-refractivity contribution in [2.45, 2.75) is 20.3 Å². The first-order valence-corrected chi connectivity index (χ1v) is 10.4. The van der Waals surface area contributed by atoms with Crippen LogP contribution in [-0.2, 0) is 6.42 Å². The highest BCUT2D eigenvalue weighted by Crippen LogP contribution is 2.36. The summed E-state index contributed by atoms with van der Waals surface area (Å²) in [4.78, 5) is 17.5. The van der Waals surface area contributed by atoms with E-state index in [2.05, 4.69) is 26.0 Å². The number of benzene rings is 2. The lowest BCUT2D eigenvalue weighted by molar-refractivity contribution is 0.299. The van der Waals surface area contributed by atoms with Crippen molar-refractivity contribution in [3.63, 3.8) is 0 Å². The van der Waals surface area contributed by atoms with Gasteiger partial charge in [-0.1, -0.05) is 34.5 Å². The van der Waals surface area contributed by atoms with Gasteiger partial charge >= 0.3 is 0 Å². The van der Waals surface area contributed by atoms with Crippen molar-refractivity contribution in [1.29, 1.82) is 5.26 Å². The van der Waals surface area contributed by atoms with Crippen LogP contribution >= 0.6 is 27.5 Å². The number of nitriles is 1. The summed E-state index contributed by atoms with van der Waals surface area (Å²) in [5, 5.41) is 13.8. The molecule has 0 N–H and O–H groups in total. The van der Waals surface area contributed by atoms with Crippen LogP contribution in [0.2, 0.25) is 5.02 Å². The number of hydrogen-bond donors (Lipinski definition) is 0. The minimum Gasteiger partial charge on any atom is -0.490 e. The van der Waals surface area contributed by atoms with Gasteiger partial charge < -0.3 is 9.47 Å². The summed E-state index contributed by atoms with van der Waals surface area (Å²) < 4.78 is 13.0. The molecule has 0 amide bonds. The topological polar surface area (TPSA) is 89.5 Å². The molecule has 154 valence electrons. The molecule has 0 radical (unpaired) electrons. The minimum atomic E-state index is -0.264. The molecule has 3 rings (SSSR count). The lowest BCUT2D eigenvalue weighted by atomic mass is 10.2. The van der Waals surface area contributed by atoms with E-state index in [4.69, 9.17) is 26.3 Å². The van der Waals surface area contributed by atoms with Crippen LogP contribution in [0.5, 0.6) is 11.5 Å². The molecule has 1 heterocycles. The van der Waals surface area contributed by atoms with Crippen LogP contribution in [-0.4, -0.2) is 29.1 Å². The molecule has 1 aromatic heterocycles. The fourth-order valence-corrected chi connectivity index (χ4v) is 3.47. The van der Waals surface area contributed by atoms with Gasteiger partial charge in [-0.05, 0) is 42.8 Å². The standard InChI is InChI=1S/C21H18BrClN4O3/c1-3-19-26-17-6-5-14(22)11-15(17)21(28)27(19)25-12-13-9-16(23)20(30-8-7-24)18(10-13)29-4-2/h5-6,9-12H,3-4,8H2,1-2H3. The molecule has 9 heteroatoms. The first-order chi connectivity index (χ1) is 14.5. The van der Waals surface area contributed by atoms with Gasteiger partial charge in [0.05, 0.1) is 28.7 Å². The normalized spacial score (nSPS) is 11.0. The minimum absolute atomic E-state index is 0.152. The second-order valence-electron chi connectivity index (χ2n) is 6.11. The van der Waals surface area contributed by atoms with Gasteiger partial charge in [0.1, 0.15) is 11.9 Å². The monoisotopic (exact) mass is 488 g/mol. The molecule has 0 saturated carbocycles. The maximum Gasteiger partial charge on any atom is 0.282 e. The van der Waals surface area contributed by atoms with Crippen molar-refractivity contribution in [3.8, 4) is 17.6 Å². The molecule has 0 aliphatic heterocycles. The molecule has 0 unspecified atom stereocenters. The molecule has 7 nitrogen and oxygen atoms in total. The van der Waals surface area contributed by atoms with Crippen LogP contribution in [0.25, 0.3) is 10.9 Å². The highest BCUT2D eigenvalue weighted by atomic mass is 79.9. The number of hydrogen-bond acceptors (Lipinski definition) is 6. The Balaban J connectivity index is 2.07. The van der Waals surface area contributed by atoms with Gasteiger partial charge in [0.25, 0.3) is 5.56 Å². The maximum absolute atomic E-state index is 13.0. The highest BCUT2D eigenvalue weighted by molar-refractivity contribution is 9.10. The number of halogens is 2. The van der Waals surface area contributed by atoms with Gasteiger partial charge in [0.2, 0.25) is 0 Å². The summed E-state index contributed by atoms with van der Waals surface area (Å²) in [5.41, 5.74) is 0.961. The van der Waals surface area contributed by atoms with Crippen molar-refractivity contribution in [2.24, 2.45) is 5.10 Å². The SMILES string of the molecule is CCOc1cc(C=Nn2c(CC)nc3ccc(Br)cc3c2=O)cc(Cl)c1OCC#N. The van der Waals surface area contributed by atoms with Crippen molar-refractivity contribution in [2.75, 3.05) is 13.2 Å². The zero-order valence-electron chi connectivity index (χ0n) is 16.4.